The van der Waals surface area contributed by atoms with Crippen molar-refractivity contribution in [2.75, 3.05) is 26.7 Å². The summed E-state index contributed by atoms with van der Waals surface area (Å²) in [6, 6.07) is 8.30. The van der Waals surface area contributed by atoms with E-state index in [1.165, 1.54) is 11.1 Å². The van der Waals surface area contributed by atoms with Crippen LogP contribution in [0.3, 0.4) is 0 Å². The lowest BCUT2D eigenvalue weighted by molar-refractivity contribution is 0.140. The molecule has 32 heavy (non-hydrogen) atoms. The van der Waals surface area contributed by atoms with Crippen LogP contribution >= 0.6 is 0 Å². The van der Waals surface area contributed by atoms with Gasteiger partial charge in [0, 0.05) is 24.4 Å². The molecule has 2 aliphatic carbocycles. The van der Waals surface area contributed by atoms with E-state index in [1.807, 2.05) is 12.1 Å². The van der Waals surface area contributed by atoms with Gasteiger partial charge in [-0.25, -0.2) is 0 Å². The largest absolute Gasteiger partial charge is 0.392 e. The lowest BCUT2D eigenvalue weighted by Crippen LogP contribution is -2.39. The molecule has 3 rings (SSSR count). The molecule has 0 radical (unpaired) electrons. The molecule has 0 aromatic heterocycles. The quantitative estimate of drug-likeness (QED) is 0.379. The Hall–Kier alpha value is -1.46. The average Bonchev–Trinajstić information content (AvgIpc) is 3.21. The maximum atomic E-state index is 10.6. The maximum absolute atomic E-state index is 10.6. The fourth-order valence-corrected chi connectivity index (χ4v) is 5.17. The second-order valence-electron chi connectivity index (χ2n) is 11.0. The molecule has 0 aliphatic heterocycles. The predicted molar refractivity (Wildman–Crippen MR) is 134 cm³/mol. The minimum Gasteiger partial charge on any atom is -0.392 e. The normalized spacial score (nSPS) is 26.7. The SMILES string of the molecule is Cc1cccc(C[C@@H](O)C=C[C@@H]2[C@H]3CC(CNCCCN(C)C(C)(C)C)=C[C@H]3C[C@H]2O)c1. The van der Waals surface area contributed by atoms with E-state index in [4.69, 9.17) is 0 Å². The van der Waals surface area contributed by atoms with Gasteiger partial charge in [-0.2, -0.15) is 0 Å². The number of aliphatic hydroxyl groups excluding tert-OH is 2. The highest BCUT2D eigenvalue weighted by Crippen LogP contribution is 2.47. The van der Waals surface area contributed by atoms with Crippen LogP contribution in [-0.2, 0) is 6.42 Å². The van der Waals surface area contributed by atoms with Gasteiger partial charge in [0.25, 0.3) is 0 Å². The highest BCUT2D eigenvalue weighted by molar-refractivity contribution is 5.24. The summed E-state index contributed by atoms with van der Waals surface area (Å²) in [5.74, 6) is 1.08. The van der Waals surface area contributed by atoms with Crippen LogP contribution in [0.15, 0.2) is 48.1 Å². The van der Waals surface area contributed by atoms with Gasteiger partial charge in [-0.15, -0.1) is 0 Å². The molecule has 1 saturated carbocycles. The number of nitrogens with one attached hydrogen (secondary N) is 1. The van der Waals surface area contributed by atoms with Crippen molar-refractivity contribution in [3.63, 3.8) is 0 Å². The molecule has 1 fully saturated rings. The Morgan fingerprint density at radius 2 is 2.06 bits per heavy atom. The second kappa shape index (κ2) is 11.1. The highest BCUT2D eigenvalue weighted by atomic mass is 16.3. The minimum absolute atomic E-state index is 0.140. The highest BCUT2D eigenvalue weighted by Gasteiger charge is 2.43. The monoisotopic (exact) mass is 440 g/mol. The van der Waals surface area contributed by atoms with Crippen molar-refractivity contribution in [3.05, 3.63) is 59.2 Å². The van der Waals surface area contributed by atoms with Gasteiger partial charge in [0.2, 0.25) is 0 Å². The minimum atomic E-state index is -0.509. The molecule has 0 amide bonds. The molecule has 1 aromatic rings. The number of rotatable bonds is 10. The van der Waals surface area contributed by atoms with Gasteiger partial charge in [0.05, 0.1) is 12.2 Å². The van der Waals surface area contributed by atoms with Crippen molar-refractivity contribution in [1.82, 2.24) is 10.2 Å². The summed E-state index contributed by atoms with van der Waals surface area (Å²) < 4.78 is 0. The number of fused-ring (bicyclic) bond motifs is 1. The molecule has 0 spiro atoms. The Labute approximate surface area is 195 Å². The predicted octanol–water partition coefficient (Wildman–Crippen LogP) is 4.11. The number of nitrogens with zero attached hydrogens (tertiary/aromatic N) is 1. The first kappa shape index (κ1) is 25.2. The molecule has 4 heteroatoms. The Kier molecular flexibility index (Phi) is 8.74. The molecule has 5 atom stereocenters. The van der Waals surface area contributed by atoms with Gasteiger partial charge in [-0.05, 0) is 84.5 Å². The van der Waals surface area contributed by atoms with Crippen molar-refractivity contribution in [2.24, 2.45) is 17.8 Å². The number of hydrogen-bond donors (Lipinski definition) is 3. The second-order valence-corrected chi connectivity index (χ2v) is 11.0. The van der Waals surface area contributed by atoms with Crippen LogP contribution in [0.25, 0.3) is 0 Å². The smallest absolute Gasteiger partial charge is 0.0761 e. The lowest BCUT2D eigenvalue weighted by atomic mass is 9.89. The van der Waals surface area contributed by atoms with Crippen LogP contribution < -0.4 is 5.32 Å². The van der Waals surface area contributed by atoms with Crippen molar-refractivity contribution in [1.29, 1.82) is 0 Å². The first-order chi connectivity index (χ1) is 15.1. The fourth-order valence-electron chi connectivity index (χ4n) is 5.17. The summed E-state index contributed by atoms with van der Waals surface area (Å²) in [7, 11) is 2.19. The zero-order valence-electron chi connectivity index (χ0n) is 20.7. The van der Waals surface area contributed by atoms with Gasteiger partial charge in [-0.1, -0.05) is 53.6 Å². The van der Waals surface area contributed by atoms with Gasteiger partial charge >= 0.3 is 0 Å². The van der Waals surface area contributed by atoms with Gasteiger partial charge in [-0.3, -0.25) is 0 Å². The molecule has 0 heterocycles. The zero-order valence-corrected chi connectivity index (χ0v) is 20.7. The van der Waals surface area contributed by atoms with E-state index in [0.29, 0.717) is 18.3 Å². The summed E-state index contributed by atoms with van der Waals surface area (Å²) in [4.78, 5) is 2.40. The van der Waals surface area contributed by atoms with E-state index in [9.17, 15) is 10.2 Å². The summed E-state index contributed by atoms with van der Waals surface area (Å²) >= 11 is 0. The van der Waals surface area contributed by atoms with Crippen LogP contribution in [0.5, 0.6) is 0 Å². The van der Waals surface area contributed by atoms with Crippen molar-refractivity contribution >= 4 is 0 Å². The van der Waals surface area contributed by atoms with Gasteiger partial charge < -0.3 is 20.4 Å². The van der Waals surface area contributed by atoms with Crippen LogP contribution in [0.1, 0.15) is 51.2 Å². The summed E-state index contributed by atoms with van der Waals surface area (Å²) in [6.45, 7) is 11.9. The van der Waals surface area contributed by atoms with E-state index in [-0.39, 0.29) is 17.6 Å². The van der Waals surface area contributed by atoms with E-state index >= 15 is 0 Å². The summed E-state index contributed by atoms with van der Waals surface area (Å²) in [5, 5.41) is 24.7. The standard InChI is InChI=1S/C28H44N2O2/c1-20-8-6-9-21(14-20)16-24(31)10-11-25-26-17-22(15-23(26)18-27(25)32)19-29-12-7-13-30(5)28(2,3)4/h6,8-11,14-15,23-27,29,31-32H,7,12-13,16-19H2,1-5H3/t23-,24-,25+,26-,27+/m0/s1. The number of hydrogen-bond acceptors (Lipinski definition) is 4. The molecule has 0 unspecified atom stereocenters. The molecule has 4 nitrogen and oxygen atoms in total. The third kappa shape index (κ3) is 7.02. The Balaban J connectivity index is 1.43. The van der Waals surface area contributed by atoms with Crippen LogP contribution in [-0.4, -0.2) is 59.5 Å². The maximum Gasteiger partial charge on any atom is 0.0761 e. The van der Waals surface area contributed by atoms with Crippen molar-refractivity contribution in [3.8, 4) is 0 Å². The first-order valence-electron chi connectivity index (χ1n) is 12.3. The number of allylic oxidation sites excluding steroid dienone is 1. The van der Waals surface area contributed by atoms with E-state index in [1.54, 1.807) is 0 Å². The van der Waals surface area contributed by atoms with Crippen molar-refractivity contribution < 1.29 is 10.2 Å². The number of aryl methyl sites for hydroxylation is 1. The van der Waals surface area contributed by atoms with E-state index < -0.39 is 6.10 Å². The van der Waals surface area contributed by atoms with E-state index in [0.717, 1.165) is 44.5 Å². The van der Waals surface area contributed by atoms with Gasteiger partial charge in [0.15, 0.2) is 0 Å². The van der Waals surface area contributed by atoms with Gasteiger partial charge in [0.1, 0.15) is 0 Å². The molecule has 2 aliphatic rings. The Morgan fingerprint density at radius 1 is 1.28 bits per heavy atom. The number of benzene rings is 1. The molecular weight excluding hydrogens is 396 g/mol. The summed E-state index contributed by atoms with van der Waals surface area (Å²) in [5.41, 5.74) is 4.07. The molecule has 3 N–H and O–H groups in total. The van der Waals surface area contributed by atoms with Crippen molar-refractivity contribution in [2.45, 2.75) is 71.1 Å². The Bertz CT molecular complexity index is 795. The average molecular weight is 441 g/mol. The third-order valence-electron chi connectivity index (χ3n) is 7.38. The first-order valence-corrected chi connectivity index (χ1v) is 12.3. The molecule has 0 bridgehead atoms. The fraction of sp³-hybridized carbons (Fsp3) is 0.643. The van der Waals surface area contributed by atoms with Crippen LogP contribution in [0.4, 0.5) is 0 Å². The number of aliphatic hydroxyl groups is 2. The molecule has 178 valence electrons. The molecular formula is C28H44N2O2. The summed E-state index contributed by atoms with van der Waals surface area (Å²) in [6.07, 6.45) is 9.25. The molecule has 1 aromatic carbocycles. The third-order valence-corrected chi connectivity index (χ3v) is 7.38. The van der Waals surface area contributed by atoms with Crippen LogP contribution in [0, 0.1) is 24.7 Å². The molecule has 0 saturated heterocycles. The van der Waals surface area contributed by atoms with Crippen LogP contribution in [0.2, 0.25) is 0 Å². The van der Waals surface area contributed by atoms with E-state index in [2.05, 4.69) is 75.3 Å². The topological polar surface area (TPSA) is 55.7 Å². The Morgan fingerprint density at radius 3 is 2.78 bits per heavy atom. The zero-order chi connectivity index (χ0) is 23.3. The lowest BCUT2D eigenvalue weighted by Gasteiger charge is -2.31.